The molecule has 2 aromatic rings. The zero-order valence-electron chi connectivity index (χ0n) is 13.1. The first kappa shape index (κ1) is 16.9. The summed E-state index contributed by atoms with van der Waals surface area (Å²) in [6.07, 6.45) is -0.0566. The molecule has 3 rings (SSSR count). The predicted octanol–water partition coefficient (Wildman–Crippen LogP) is 2.60. The van der Waals surface area contributed by atoms with Crippen LogP contribution in [0.4, 0.5) is 11.4 Å². The largest absolute Gasteiger partial charge is 0.494 e. The molecule has 124 valence electrons. The van der Waals surface area contributed by atoms with E-state index in [1.807, 2.05) is 36.2 Å². The minimum Gasteiger partial charge on any atom is -0.405 e. The van der Waals surface area contributed by atoms with Gasteiger partial charge in [-0.2, -0.15) is 0 Å². The van der Waals surface area contributed by atoms with Crippen molar-refractivity contribution in [1.29, 1.82) is 0 Å². The Morgan fingerprint density at radius 3 is 2.54 bits per heavy atom. The number of anilines is 1. The summed E-state index contributed by atoms with van der Waals surface area (Å²) in [6, 6.07) is 14.3. The second kappa shape index (κ2) is 7.33. The number of likely N-dealkylation sites (N-methyl/N-ethyl adjacent to an activating group) is 1. The Morgan fingerprint density at radius 2 is 1.92 bits per heavy atom. The van der Waals surface area contributed by atoms with Crippen molar-refractivity contribution in [3.05, 3.63) is 63.1 Å². The normalized spacial score (nSPS) is 17.1. The lowest BCUT2D eigenvalue weighted by Gasteiger charge is -2.22. The Kier molecular flexibility index (Phi) is 5.18. The van der Waals surface area contributed by atoms with E-state index in [0.717, 1.165) is 15.6 Å². The Hall–Kier alpha value is -1.90. The van der Waals surface area contributed by atoms with Gasteiger partial charge in [0.25, 0.3) is 5.69 Å². The highest BCUT2D eigenvalue weighted by Crippen LogP contribution is 2.20. The van der Waals surface area contributed by atoms with Gasteiger partial charge in [0.05, 0.1) is 17.6 Å². The molecule has 8 heteroatoms. The molecule has 0 amide bonds. The smallest absolute Gasteiger partial charge is 0.405 e. The highest BCUT2D eigenvalue weighted by Gasteiger charge is 2.33. The van der Waals surface area contributed by atoms with Gasteiger partial charge in [0.15, 0.2) is 0 Å². The molecule has 0 aliphatic carbocycles. The SMILES string of the molecule is CN(C[C@H]1COB(c2ccc(Br)cc2)O1)c1ccc([N+](=O)[O-])cc1. The van der Waals surface area contributed by atoms with E-state index < -0.39 is 4.92 Å². The van der Waals surface area contributed by atoms with Crippen LogP contribution in [0.15, 0.2) is 53.0 Å². The van der Waals surface area contributed by atoms with Gasteiger partial charge in [0.1, 0.15) is 0 Å². The third-order valence-electron chi connectivity index (χ3n) is 3.87. The summed E-state index contributed by atoms with van der Waals surface area (Å²) >= 11 is 3.41. The molecule has 6 nitrogen and oxygen atoms in total. The van der Waals surface area contributed by atoms with Crippen molar-refractivity contribution in [2.45, 2.75) is 6.10 Å². The molecule has 0 radical (unpaired) electrons. The van der Waals surface area contributed by atoms with Crippen molar-refractivity contribution in [2.24, 2.45) is 0 Å². The molecular weight excluding hydrogens is 375 g/mol. The lowest BCUT2D eigenvalue weighted by molar-refractivity contribution is -0.384. The fraction of sp³-hybridized carbons (Fsp3) is 0.250. The standard InChI is InChI=1S/C16H16BBrN2O4/c1-19(14-6-8-15(9-7-14)20(21)22)10-16-11-23-17(24-16)12-2-4-13(18)5-3-12/h2-9,16H,10-11H2,1H3/t16-/m0/s1. The third kappa shape index (κ3) is 3.95. The number of non-ortho nitro benzene ring substituents is 1. The molecule has 1 fully saturated rings. The van der Waals surface area contributed by atoms with E-state index in [1.165, 1.54) is 12.1 Å². The molecule has 0 unspecified atom stereocenters. The summed E-state index contributed by atoms with van der Waals surface area (Å²) in [5.41, 5.74) is 1.97. The van der Waals surface area contributed by atoms with Crippen LogP contribution in [-0.2, 0) is 9.31 Å². The molecule has 2 aromatic carbocycles. The lowest BCUT2D eigenvalue weighted by atomic mass is 9.79. The fourth-order valence-corrected chi connectivity index (χ4v) is 2.84. The predicted molar refractivity (Wildman–Crippen MR) is 96.7 cm³/mol. The second-order valence-corrected chi connectivity index (χ2v) is 6.54. The molecule has 1 saturated heterocycles. The Bertz CT molecular complexity index is 711. The molecule has 0 aromatic heterocycles. The summed E-state index contributed by atoms with van der Waals surface area (Å²) in [7, 11) is 1.57. The molecular formula is C16H16BBrN2O4. The molecule has 1 aliphatic heterocycles. The number of nitro benzene ring substituents is 1. The number of rotatable bonds is 5. The summed E-state index contributed by atoms with van der Waals surface area (Å²) < 4.78 is 12.7. The molecule has 1 aliphatic rings. The van der Waals surface area contributed by atoms with Crippen molar-refractivity contribution in [3.63, 3.8) is 0 Å². The van der Waals surface area contributed by atoms with Gasteiger partial charge in [-0.25, -0.2) is 0 Å². The van der Waals surface area contributed by atoms with Crippen LogP contribution >= 0.6 is 15.9 Å². The van der Waals surface area contributed by atoms with Gasteiger partial charge >= 0.3 is 7.12 Å². The average molecular weight is 391 g/mol. The van der Waals surface area contributed by atoms with Gasteiger partial charge in [-0.3, -0.25) is 10.1 Å². The van der Waals surface area contributed by atoms with E-state index >= 15 is 0 Å². The van der Waals surface area contributed by atoms with Crippen molar-refractivity contribution in [1.82, 2.24) is 0 Å². The zero-order chi connectivity index (χ0) is 17.1. The van der Waals surface area contributed by atoms with Gasteiger partial charge in [-0.1, -0.05) is 28.1 Å². The minimum atomic E-state index is -0.402. The first-order chi connectivity index (χ1) is 11.5. The van der Waals surface area contributed by atoms with Gasteiger partial charge < -0.3 is 14.2 Å². The van der Waals surface area contributed by atoms with Crippen LogP contribution in [0.2, 0.25) is 0 Å². The van der Waals surface area contributed by atoms with Gasteiger partial charge in [-0.05, 0) is 29.7 Å². The quantitative estimate of drug-likeness (QED) is 0.446. The van der Waals surface area contributed by atoms with Crippen LogP contribution in [0.3, 0.4) is 0 Å². The Balaban J connectivity index is 1.58. The number of halogens is 1. The molecule has 0 N–H and O–H groups in total. The molecule has 0 spiro atoms. The van der Waals surface area contributed by atoms with E-state index in [2.05, 4.69) is 15.9 Å². The number of hydrogen-bond acceptors (Lipinski definition) is 5. The van der Waals surface area contributed by atoms with Crippen LogP contribution in [0.1, 0.15) is 0 Å². The second-order valence-electron chi connectivity index (χ2n) is 5.63. The van der Waals surface area contributed by atoms with Crippen molar-refractivity contribution in [2.75, 3.05) is 25.1 Å². The van der Waals surface area contributed by atoms with E-state index in [1.54, 1.807) is 12.1 Å². The van der Waals surface area contributed by atoms with Crippen LogP contribution in [-0.4, -0.2) is 38.3 Å². The van der Waals surface area contributed by atoms with Crippen LogP contribution < -0.4 is 10.4 Å². The number of nitrogens with zero attached hydrogens (tertiary/aromatic N) is 2. The highest BCUT2D eigenvalue weighted by molar-refractivity contribution is 9.10. The average Bonchev–Trinajstić information content (AvgIpc) is 3.04. The minimum absolute atomic E-state index is 0.0566. The van der Waals surface area contributed by atoms with E-state index in [9.17, 15) is 10.1 Å². The molecule has 0 bridgehead atoms. The first-order valence-electron chi connectivity index (χ1n) is 7.51. The van der Waals surface area contributed by atoms with E-state index in [0.29, 0.717) is 13.2 Å². The van der Waals surface area contributed by atoms with Crippen LogP contribution in [0, 0.1) is 10.1 Å². The van der Waals surface area contributed by atoms with Gasteiger partial charge in [0.2, 0.25) is 0 Å². The summed E-state index contributed by atoms with van der Waals surface area (Å²) in [6.45, 7) is 1.16. The van der Waals surface area contributed by atoms with Crippen molar-refractivity contribution >= 4 is 39.9 Å². The maximum Gasteiger partial charge on any atom is 0.494 e. The molecule has 1 atom stereocenters. The zero-order valence-corrected chi connectivity index (χ0v) is 14.7. The maximum absolute atomic E-state index is 10.7. The first-order valence-corrected chi connectivity index (χ1v) is 8.30. The molecule has 0 saturated carbocycles. The third-order valence-corrected chi connectivity index (χ3v) is 4.40. The molecule has 24 heavy (non-hydrogen) atoms. The van der Waals surface area contributed by atoms with E-state index in [4.69, 9.17) is 9.31 Å². The topological polar surface area (TPSA) is 64.8 Å². The van der Waals surface area contributed by atoms with E-state index in [-0.39, 0.29) is 18.9 Å². The number of benzene rings is 2. The monoisotopic (exact) mass is 390 g/mol. The number of nitro groups is 1. The fourth-order valence-electron chi connectivity index (χ4n) is 2.58. The van der Waals surface area contributed by atoms with Crippen molar-refractivity contribution in [3.8, 4) is 0 Å². The number of hydrogen-bond donors (Lipinski definition) is 0. The van der Waals surface area contributed by atoms with Crippen LogP contribution in [0.5, 0.6) is 0 Å². The summed E-state index contributed by atoms with van der Waals surface area (Å²) in [5.74, 6) is 0. The maximum atomic E-state index is 10.7. The lowest BCUT2D eigenvalue weighted by Crippen LogP contribution is -2.35. The Morgan fingerprint density at radius 1 is 1.25 bits per heavy atom. The summed E-state index contributed by atoms with van der Waals surface area (Å²) in [4.78, 5) is 12.3. The van der Waals surface area contributed by atoms with Gasteiger partial charge in [0, 0.05) is 35.9 Å². The Labute approximate surface area is 148 Å². The van der Waals surface area contributed by atoms with Gasteiger partial charge in [-0.15, -0.1) is 0 Å². The molecule has 1 heterocycles. The summed E-state index contributed by atoms with van der Waals surface area (Å²) in [5, 5.41) is 10.7. The highest BCUT2D eigenvalue weighted by atomic mass is 79.9. The van der Waals surface area contributed by atoms with Crippen molar-refractivity contribution < 1.29 is 14.2 Å². The van der Waals surface area contributed by atoms with Crippen LogP contribution in [0.25, 0.3) is 0 Å².